The number of aliphatic hydroxyl groups excluding tert-OH is 1. The van der Waals surface area contributed by atoms with E-state index in [1.807, 2.05) is 69.3 Å². The van der Waals surface area contributed by atoms with E-state index in [0.717, 1.165) is 48.2 Å². The lowest BCUT2D eigenvalue weighted by Crippen LogP contribution is -2.50. The maximum Gasteiger partial charge on any atom is 0.303 e. The molecular formula is C37H50N4O6. The molecule has 254 valence electrons. The first-order valence-corrected chi connectivity index (χ1v) is 16.9. The predicted octanol–water partition coefficient (Wildman–Crippen LogP) is 5.79. The van der Waals surface area contributed by atoms with E-state index in [1.54, 1.807) is 9.80 Å². The highest BCUT2D eigenvalue weighted by molar-refractivity contribution is 6.07. The summed E-state index contributed by atoms with van der Waals surface area (Å²) in [5, 5.41) is 27.2. The summed E-state index contributed by atoms with van der Waals surface area (Å²) in [5.74, 6) is -0.942. The molecule has 2 aromatic carbocycles. The molecule has 2 aromatic rings. The summed E-state index contributed by atoms with van der Waals surface area (Å²) in [7, 11) is 0. The molecule has 0 aromatic heterocycles. The van der Waals surface area contributed by atoms with Crippen molar-refractivity contribution in [3.8, 4) is 0 Å². The molecule has 1 atom stereocenters. The zero-order valence-electron chi connectivity index (χ0n) is 28.3. The first-order valence-electron chi connectivity index (χ1n) is 16.9. The van der Waals surface area contributed by atoms with Gasteiger partial charge in [0.2, 0.25) is 12.3 Å². The summed E-state index contributed by atoms with van der Waals surface area (Å²) in [5.41, 5.74) is 3.58. The van der Waals surface area contributed by atoms with Gasteiger partial charge >= 0.3 is 5.97 Å². The minimum absolute atomic E-state index is 0.0102. The number of carbonyl (C=O) groups is 4. The van der Waals surface area contributed by atoms with Gasteiger partial charge in [-0.3, -0.25) is 19.2 Å². The number of rotatable bonds is 14. The maximum atomic E-state index is 13.4. The first-order chi connectivity index (χ1) is 22.3. The maximum absolute atomic E-state index is 13.4. The van der Waals surface area contributed by atoms with E-state index in [9.17, 15) is 24.3 Å². The highest BCUT2D eigenvalue weighted by Gasteiger charge is 2.36. The average molecular weight is 647 g/mol. The number of fused-ring (bicyclic) bond motifs is 1. The summed E-state index contributed by atoms with van der Waals surface area (Å²) < 4.78 is 0. The Bertz CT molecular complexity index is 1460. The molecule has 1 heterocycles. The molecule has 1 unspecified atom stereocenters. The van der Waals surface area contributed by atoms with Gasteiger partial charge in [-0.05, 0) is 55.9 Å². The molecular weight excluding hydrogens is 596 g/mol. The first kappa shape index (κ1) is 35.8. The van der Waals surface area contributed by atoms with Gasteiger partial charge in [0.25, 0.3) is 0 Å². The van der Waals surface area contributed by atoms with Gasteiger partial charge in [-0.2, -0.15) is 5.10 Å². The number of aliphatic carboxylic acids is 1. The molecule has 10 nitrogen and oxygen atoms in total. The van der Waals surface area contributed by atoms with Crippen molar-refractivity contribution >= 4 is 40.5 Å². The van der Waals surface area contributed by atoms with Gasteiger partial charge in [0.15, 0.2) is 11.6 Å². The van der Waals surface area contributed by atoms with Crippen LogP contribution < -0.4 is 9.80 Å². The molecule has 2 N–H and O–H groups in total. The number of hydrazone groups is 1. The highest BCUT2D eigenvalue weighted by Crippen LogP contribution is 2.35. The number of amides is 1. The number of carboxylic acids is 1. The Labute approximate surface area is 278 Å². The number of hydrogen-bond acceptors (Lipinski definition) is 8. The van der Waals surface area contributed by atoms with E-state index in [-0.39, 0.29) is 49.3 Å². The predicted molar refractivity (Wildman–Crippen MR) is 183 cm³/mol. The van der Waals surface area contributed by atoms with Crippen LogP contribution in [0, 0.1) is 11.3 Å². The third kappa shape index (κ3) is 9.73. The Hall–Kier alpha value is -4.05. The van der Waals surface area contributed by atoms with Crippen molar-refractivity contribution < 1.29 is 29.4 Å². The number of anilines is 2. The number of nitrogens with zero attached hydrogens (tertiary/aromatic N) is 4. The standard InChI is InChI=1S/C37H50N4O6/c1-26(42)39(22-12-21-34(45)46)29-17-10-13-27(23-29)14-11-18-30(43)24-41-36(47)40(25-33(44)37(2,3)4)32-20-9-8-19-31(32)35(38-41)28-15-6-5-7-16-28/h8-10,13,17,19-20,23,28,36,47H,5-7,11-12,14-16,18,21-22,24-25H2,1-4H3,(H,45,46). The quantitative estimate of drug-likeness (QED) is 0.264. The average Bonchev–Trinajstić information content (AvgIpc) is 3.13. The second-order valence-corrected chi connectivity index (χ2v) is 13.8. The van der Waals surface area contributed by atoms with Crippen molar-refractivity contribution in [2.45, 2.75) is 98.3 Å². The third-order valence-electron chi connectivity index (χ3n) is 9.05. The van der Waals surface area contributed by atoms with Crippen LogP contribution in [-0.4, -0.2) is 70.4 Å². The van der Waals surface area contributed by atoms with E-state index >= 15 is 0 Å². The molecule has 0 saturated heterocycles. The molecule has 4 rings (SSSR count). The van der Waals surface area contributed by atoms with Crippen molar-refractivity contribution in [1.29, 1.82) is 0 Å². The number of hydrogen-bond donors (Lipinski definition) is 2. The fraction of sp³-hybridized carbons (Fsp3) is 0.541. The van der Waals surface area contributed by atoms with Gasteiger partial charge in [-0.25, -0.2) is 5.01 Å². The van der Waals surface area contributed by atoms with Gasteiger partial charge in [0, 0.05) is 54.6 Å². The fourth-order valence-electron chi connectivity index (χ4n) is 6.31. The van der Waals surface area contributed by atoms with E-state index in [1.165, 1.54) is 18.4 Å². The van der Waals surface area contributed by atoms with Crippen LogP contribution in [0.25, 0.3) is 0 Å². The molecule has 10 heteroatoms. The van der Waals surface area contributed by atoms with E-state index < -0.39 is 17.7 Å². The Kier molecular flexibility index (Phi) is 12.3. The number of para-hydroxylation sites is 1. The minimum Gasteiger partial charge on any atom is -0.481 e. The van der Waals surface area contributed by atoms with Gasteiger partial charge in [0.05, 0.1) is 18.8 Å². The monoisotopic (exact) mass is 646 g/mol. The molecule has 1 aliphatic heterocycles. The number of carboxylic acid groups (broad SMARTS) is 1. The van der Waals surface area contributed by atoms with E-state index in [2.05, 4.69) is 0 Å². The number of Topliss-reactive ketones (excluding diaryl/α,β-unsaturated/α-hetero) is 2. The van der Waals surface area contributed by atoms with Crippen molar-refractivity contribution in [1.82, 2.24) is 5.01 Å². The molecule has 47 heavy (non-hydrogen) atoms. The second-order valence-electron chi connectivity index (χ2n) is 13.8. The zero-order chi connectivity index (χ0) is 34.1. The topological polar surface area (TPSA) is 131 Å². The highest BCUT2D eigenvalue weighted by atomic mass is 16.4. The van der Waals surface area contributed by atoms with Crippen LogP contribution in [0.3, 0.4) is 0 Å². The van der Waals surface area contributed by atoms with Crippen molar-refractivity contribution in [3.05, 3.63) is 59.7 Å². The van der Waals surface area contributed by atoms with E-state index in [0.29, 0.717) is 31.5 Å². The van der Waals surface area contributed by atoms with Gasteiger partial charge in [-0.1, -0.05) is 70.4 Å². The smallest absolute Gasteiger partial charge is 0.303 e. The Morgan fingerprint density at radius 2 is 1.66 bits per heavy atom. The molecule has 0 spiro atoms. The van der Waals surface area contributed by atoms with Gasteiger partial charge < -0.3 is 20.0 Å². The van der Waals surface area contributed by atoms with E-state index in [4.69, 9.17) is 10.2 Å². The van der Waals surface area contributed by atoms with Crippen LogP contribution in [0.5, 0.6) is 0 Å². The van der Waals surface area contributed by atoms with Crippen molar-refractivity contribution in [3.63, 3.8) is 0 Å². The SMILES string of the molecule is CC(=O)N(CCCC(=O)O)c1cccc(CCCC(=O)CN2N=C(C3CCCCC3)c3ccccc3N(CC(=O)C(C)(C)C)C2O)c1. The number of benzene rings is 2. The number of ketones is 2. The van der Waals surface area contributed by atoms with Crippen LogP contribution in [0.4, 0.5) is 11.4 Å². The van der Waals surface area contributed by atoms with Crippen molar-refractivity contribution in [2.24, 2.45) is 16.4 Å². The fourth-order valence-corrected chi connectivity index (χ4v) is 6.31. The Balaban J connectivity index is 1.49. The van der Waals surface area contributed by atoms with Gasteiger partial charge in [-0.15, -0.1) is 0 Å². The lowest BCUT2D eigenvalue weighted by atomic mass is 9.82. The lowest BCUT2D eigenvalue weighted by Gasteiger charge is -2.35. The van der Waals surface area contributed by atoms with Crippen LogP contribution in [-0.2, 0) is 25.6 Å². The summed E-state index contributed by atoms with van der Waals surface area (Å²) in [6.07, 6.45) is 5.87. The summed E-state index contributed by atoms with van der Waals surface area (Å²) >= 11 is 0. The Morgan fingerprint density at radius 3 is 2.34 bits per heavy atom. The van der Waals surface area contributed by atoms with Crippen molar-refractivity contribution in [2.75, 3.05) is 29.4 Å². The zero-order valence-corrected chi connectivity index (χ0v) is 28.3. The number of carbonyl (C=O) groups excluding carboxylic acids is 3. The Morgan fingerprint density at radius 1 is 0.936 bits per heavy atom. The molecule has 0 bridgehead atoms. The molecule has 2 aliphatic rings. The summed E-state index contributed by atoms with van der Waals surface area (Å²) in [6.45, 7) is 7.27. The second kappa shape index (κ2) is 16.2. The summed E-state index contributed by atoms with van der Waals surface area (Å²) in [6, 6.07) is 15.3. The molecule has 1 aliphatic carbocycles. The van der Waals surface area contributed by atoms with Crippen LogP contribution in [0.15, 0.2) is 53.6 Å². The lowest BCUT2D eigenvalue weighted by molar-refractivity contribution is -0.137. The molecule has 1 amide bonds. The normalized spacial score (nSPS) is 17.0. The molecule has 1 fully saturated rings. The van der Waals surface area contributed by atoms with Gasteiger partial charge in [0.1, 0.15) is 0 Å². The van der Waals surface area contributed by atoms with Crippen LogP contribution in [0.2, 0.25) is 0 Å². The third-order valence-corrected chi connectivity index (χ3v) is 9.05. The summed E-state index contributed by atoms with van der Waals surface area (Å²) in [4.78, 5) is 53.2. The van der Waals surface area contributed by atoms with Crippen LogP contribution in [0.1, 0.15) is 96.6 Å². The largest absolute Gasteiger partial charge is 0.481 e. The molecule has 1 saturated carbocycles. The van der Waals surface area contributed by atoms with Crippen LogP contribution >= 0.6 is 0 Å². The number of aliphatic hydroxyl groups is 1. The minimum atomic E-state index is -1.29. The molecule has 0 radical (unpaired) electrons. The number of aryl methyl sites for hydroxylation is 1.